The summed E-state index contributed by atoms with van der Waals surface area (Å²) in [7, 11) is 1.59. The molecule has 0 spiro atoms. The van der Waals surface area contributed by atoms with Gasteiger partial charge in [-0.15, -0.1) is 0 Å². The minimum absolute atomic E-state index is 0.0809. The van der Waals surface area contributed by atoms with Crippen LogP contribution in [0.5, 0.6) is 5.75 Å². The Hall–Kier alpha value is -2.59. The van der Waals surface area contributed by atoms with Crippen LogP contribution < -0.4 is 10.1 Å². The van der Waals surface area contributed by atoms with E-state index >= 15 is 0 Å². The molecular weight excluding hydrogens is 329 g/mol. The first-order valence-electron chi connectivity index (χ1n) is 7.38. The molecule has 5 heteroatoms. The van der Waals surface area contributed by atoms with Crippen molar-refractivity contribution < 1.29 is 13.9 Å². The number of carbonyl (C=O) groups is 1. The third kappa shape index (κ3) is 3.19. The van der Waals surface area contributed by atoms with Gasteiger partial charge in [-0.25, -0.2) is 4.39 Å². The maximum absolute atomic E-state index is 13.1. The summed E-state index contributed by atoms with van der Waals surface area (Å²) in [5.41, 5.74) is 1.11. The SMILES string of the molecule is COc1ccc2ccccc2c1CNC(=O)c1ccc(F)cc1Cl. The van der Waals surface area contributed by atoms with Gasteiger partial charge in [-0.3, -0.25) is 4.79 Å². The van der Waals surface area contributed by atoms with Crippen molar-refractivity contribution in [1.29, 1.82) is 0 Å². The summed E-state index contributed by atoms with van der Waals surface area (Å²) in [5, 5.41) is 4.96. The van der Waals surface area contributed by atoms with Crippen molar-refractivity contribution in [2.45, 2.75) is 6.54 Å². The van der Waals surface area contributed by atoms with Crippen LogP contribution in [0.1, 0.15) is 15.9 Å². The van der Waals surface area contributed by atoms with Crippen molar-refractivity contribution >= 4 is 28.3 Å². The van der Waals surface area contributed by atoms with Gasteiger partial charge in [-0.2, -0.15) is 0 Å². The Morgan fingerprint density at radius 2 is 1.96 bits per heavy atom. The number of methoxy groups -OCH3 is 1. The zero-order valence-electron chi connectivity index (χ0n) is 13.0. The summed E-state index contributed by atoms with van der Waals surface area (Å²) in [5.74, 6) is -0.151. The van der Waals surface area contributed by atoms with E-state index in [2.05, 4.69) is 5.32 Å². The second-order valence-electron chi connectivity index (χ2n) is 5.27. The lowest BCUT2D eigenvalue weighted by Gasteiger charge is -2.13. The van der Waals surface area contributed by atoms with Crippen molar-refractivity contribution in [2.75, 3.05) is 7.11 Å². The first-order chi connectivity index (χ1) is 11.6. The van der Waals surface area contributed by atoms with Crippen molar-refractivity contribution in [3.05, 3.63) is 76.6 Å². The average Bonchev–Trinajstić information content (AvgIpc) is 2.59. The lowest BCUT2D eigenvalue weighted by atomic mass is 10.0. The lowest BCUT2D eigenvalue weighted by Crippen LogP contribution is -2.23. The molecule has 3 rings (SSSR count). The molecule has 0 aromatic heterocycles. The predicted octanol–water partition coefficient (Wildman–Crippen LogP) is 4.57. The van der Waals surface area contributed by atoms with Crippen molar-refractivity contribution in [2.24, 2.45) is 0 Å². The number of ether oxygens (including phenoxy) is 1. The lowest BCUT2D eigenvalue weighted by molar-refractivity contribution is 0.0951. The van der Waals surface area contributed by atoms with Gasteiger partial charge in [-0.05, 0) is 35.0 Å². The Morgan fingerprint density at radius 3 is 2.71 bits per heavy atom. The topological polar surface area (TPSA) is 38.3 Å². The van der Waals surface area contributed by atoms with Gasteiger partial charge in [0.2, 0.25) is 0 Å². The third-order valence-corrected chi connectivity index (χ3v) is 4.13. The molecule has 0 bridgehead atoms. The van der Waals surface area contributed by atoms with Gasteiger partial charge >= 0.3 is 0 Å². The van der Waals surface area contributed by atoms with Crippen molar-refractivity contribution in [3.8, 4) is 5.75 Å². The van der Waals surface area contributed by atoms with Crippen LogP contribution >= 0.6 is 11.6 Å². The van der Waals surface area contributed by atoms with Crippen LogP contribution in [0, 0.1) is 5.82 Å². The molecular formula is C19H15ClFNO2. The largest absolute Gasteiger partial charge is 0.496 e. The highest BCUT2D eigenvalue weighted by molar-refractivity contribution is 6.33. The molecule has 3 aromatic carbocycles. The molecule has 1 amide bonds. The number of halogens is 2. The Balaban J connectivity index is 1.88. The fraction of sp³-hybridized carbons (Fsp3) is 0.105. The first kappa shape index (κ1) is 16.3. The summed E-state index contributed by atoms with van der Waals surface area (Å²) >= 11 is 5.93. The summed E-state index contributed by atoms with van der Waals surface area (Å²) in [6.07, 6.45) is 0. The van der Waals surface area contributed by atoms with Gasteiger partial charge in [0.1, 0.15) is 11.6 Å². The molecule has 0 saturated heterocycles. The zero-order valence-corrected chi connectivity index (χ0v) is 13.7. The van der Waals surface area contributed by atoms with Crippen LogP contribution in [0.3, 0.4) is 0 Å². The van der Waals surface area contributed by atoms with E-state index in [1.54, 1.807) is 7.11 Å². The molecule has 3 aromatic rings. The minimum atomic E-state index is -0.479. The molecule has 0 radical (unpaired) electrons. The number of hydrogen-bond acceptors (Lipinski definition) is 2. The van der Waals surface area contributed by atoms with E-state index in [9.17, 15) is 9.18 Å². The summed E-state index contributed by atoms with van der Waals surface area (Å²) in [6.45, 7) is 0.275. The van der Waals surface area contributed by atoms with Crippen LogP contribution in [0.15, 0.2) is 54.6 Å². The Bertz CT molecular complexity index is 911. The smallest absolute Gasteiger partial charge is 0.253 e. The number of benzene rings is 3. The monoisotopic (exact) mass is 343 g/mol. The number of amides is 1. The molecule has 0 atom stereocenters. The number of fused-ring (bicyclic) bond motifs is 1. The van der Waals surface area contributed by atoms with Crippen LogP contribution in [0.4, 0.5) is 4.39 Å². The number of hydrogen-bond donors (Lipinski definition) is 1. The molecule has 3 nitrogen and oxygen atoms in total. The first-order valence-corrected chi connectivity index (χ1v) is 7.76. The van der Waals surface area contributed by atoms with Crippen LogP contribution in [-0.2, 0) is 6.54 Å². The Kier molecular flexibility index (Phi) is 4.67. The predicted molar refractivity (Wildman–Crippen MR) is 93.1 cm³/mol. The highest BCUT2D eigenvalue weighted by atomic mass is 35.5. The molecule has 0 heterocycles. The second-order valence-corrected chi connectivity index (χ2v) is 5.68. The second kappa shape index (κ2) is 6.89. The number of carbonyl (C=O) groups excluding carboxylic acids is 1. The van der Waals surface area contributed by atoms with E-state index in [4.69, 9.17) is 16.3 Å². The molecule has 0 aliphatic heterocycles. The summed E-state index contributed by atoms with van der Waals surface area (Å²) in [4.78, 5) is 12.3. The summed E-state index contributed by atoms with van der Waals surface area (Å²) in [6, 6.07) is 15.4. The molecule has 0 aliphatic rings. The van der Waals surface area contributed by atoms with Crippen LogP contribution in [0.2, 0.25) is 5.02 Å². The number of rotatable bonds is 4. The molecule has 1 N–H and O–H groups in total. The van der Waals surface area contributed by atoms with Crippen molar-refractivity contribution in [3.63, 3.8) is 0 Å². The molecule has 0 fully saturated rings. The molecule has 24 heavy (non-hydrogen) atoms. The van der Waals surface area contributed by atoms with Gasteiger partial charge in [-0.1, -0.05) is 41.9 Å². The molecule has 0 unspecified atom stereocenters. The van der Waals surface area contributed by atoms with Gasteiger partial charge in [0, 0.05) is 12.1 Å². The van der Waals surface area contributed by atoms with Gasteiger partial charge < -0.3 is 10.1 Å². The fourth-order valence-corrected chi connectivity index (χ4v) is 2.88. The zero-order chi connectivity index (χ0) is 17.1. The Morgan fingerprint density at radius 1 is 1.17 bits per heavy atom. The quantitative estimate of drug-likeness (QED) is 0.753. The third-order valence-electron chi connectivity index (χ3n) is 3.82. The number of nitrogens with one attached hydrogen (secondary N) is 1. The maximum atomic E-state index is 13.1. The van der Waals surface area contributed by atoms with Crippen LogP contribution in [-0.4, -0.2) is 13.0 Å². The Labute approximate surface area is 144 Å². The van der Waals surface area contributed by atoms with Crippen molar-refractivity contribution in [1.82, 2.24) is 5.32 Å². The minimum Gasteiger partial charge on any atom is -0.496 e. The summed E-state index contributed by atoms with van der Waals surface area (Å²) < 4.78 is 18.5. The highest BCUT2D eigenvalue weighted by Crippen LogP contribution is 2.28. The van der Waals surface area contributed by atoms with Gasteiger partial charge in [0.25, 0.3) is 5.91 Å². The van der Waals surface area contributed by atoms with Gasteiger partial charge in [0.15, 0.2) is 0 Å². The fourth-order valence-electron chi connectivity index (χ4n) is 2.63. The average molecular weight is 344 g/mol. The maximum Gasteiger partial charge on any atom is 0.253 e. The molecule has 0 saturated carbocycles. The van der Waals surface area contributed by atoms with E-state index < -0.39 is 5.82 Å². The van der Waals surface area contributed by atoms with Gasteiger partial charge in [0.05, 0.1) is 17.7 Å². The van der Waals surface area contributed by atoms with E-state index in [0.29, 0.717) is 5.75 Å². The molecule has 0 aliphatic carbocycles. The van der Waals surface area contributed by atoms with E-state index in [1.165, 1.54) is 12.1 Å². The normalized spacial score (nSPS) is 10.6. The highest BCUT2D eigenvalue weighted by Gasteiger charge is 2.13. The van der Waals surface area contributed by atoms with E-state index in [0.717, 1.165) is 22.4 Å². The van der Waals surface area contributed by atoms with E-state index in [-0.39, 0.29) is 23.0 Å². The van der Waals surface area contributed by atoms with Crippen LogP contribution in [0.25, 0.3) is 10.8 Å². The standard InChI is InChI=1S/C19H15ClFNO2/c1-24-18-9-6-12-4-2-3-5-14(12)16(18)11-22-19(23)15-8-7-13(21)10-17(15)20/h2-10H,11H2,1H3,(H,22,23). The van der Waals surface area contributed by atoms with E-state index in [1.807, 2.05) is 36.4 Å². The molecule has 122 valence electrons.